The molecule has 0 aliphatic carbocycles. The Morgan fingerprint density at radius 1 is 1.00 bits per heavy atom. The molecule has 0 atom stereocenters. The minimum atomic E-state index is -0.129. The predicted molar refractivity (Wildman–Crippen MR) is 120 cm³/mol. The summed E-state index contributed by atoms with van der Waals surface area (Å²) in [6.45, 7) is 2.05. The highest BCUT2D eigenvalue weighted by atomic mass is 16.5. The van der Waals surface area contributed by atoms with Crippen LogP contribution in [-0.2, 0) is 11.2 Å². The van der Waals surface area contributed by atoms with Crippen LogP contribution in [0.4, 0.5) is 5.88 Å². The quantitative estimate of drug-likeness (QED) is 0.445. The summed E-state index contributed by atoms with van der Waals surface area (Å²) in [7, 11) is 1.62. The number of nitrogens with zero attached hydrogens (tertiary/aromatic N) is 2. The molecule has 0 aliphatic rings. The van der Waals surface area contributed by atoms with Crippen LogP contribution in [0.5, 0.6) is 5.75 Å². The van der Waals surface area contributed by atoms with Crippen molar-refractivity contribution in [1.82, 2.24) is 10.1 Å². The molecule has 4 rings (SSSR count). The summed E-state index contributed by atoms with van der Waals surface area (Å²) in [6, 6.07) is 19.3. The smallest absolute Gasteiger partial charge is 0.239 e. The number of ether oxygens (including phenoxy) is 1. The Morgan fingerprint density at radius 3 is 2.45 bits per heavy atom. The summed E-state index contributed by atoms with van der Waals surface area (Å²) in [5, 5.41) is 7.15. The van der Waals surface area contributed by atoms with Crippen molar-refractivity contribution in [2.24, 2.45) is 0 Å². The van der Waals surface area contributed by atoms with Crippen molar-refractivity contribution in [2.45, 2.75) is 19.8 Å². The Hall–Kier alpha value is -3.93. The summed E-state index contributed by atoms with van der Waals surface area (Å²) in [4.78, 5) is 16.8. The van der Waals surface area contributed by atoms with Gasteiger partial charge in [-0.05, 0) is 66.4 Å². The SMILES string of the molecule is COc1ccc(-c2noc(NC(=O)CCc3ccccc3C)c2-c2ccncc2)cc1. The number of hydrogen-bond donors (Lipinski definition) is 1. The topological polar surface area (TPSA) is 77.3 Å². The van der Waals surface area contributed by atoms with Crippen molar-refractivity contribution in [3.63, 3.8) is 0 Å². The van der Waals surface area contributed by atoms with E-state index in [1.165, 1.54) is 5.56 Å². The second-order valence-corrected chi connectivity index (χ2v) is 7.17. The first kappa shape index (κ1) is 20.3. The van der Waals surface area contributed by atoms with E-state index in [0.717, 1.165) is 28.0 Å². The van der Waals surface area contributed by atoms with Gasteiger partial charge in [0.2, 0.25) is 11.8 Å². The zero-order chi connectivity index (χ0) is 21.6. The molecule has 31 heavy (non-hydrogen) atoms. The second-order valence-electron chi connectivity index (χ2n) is 7.17. The van der Waals surface area contributed by atoms with Crippen molar-refractivity contribution in [1.29, 1.82) is 0 Å². The van der Waals surface area contributed by atoms with Gasteiger partial charge in [0.25, 0.3) is 0 Å². The molecule has 6 heteroatoms. The minimum absolute atomic E-state index is 0.129. The Kier molecular flexibility index (Phi) is 6.08. The summed E-state index contributed by atoms with van der Waals surface area (Å²) in [5.74, 6) is 0.949. The van der Waals surface area contributed by atoms with Gasteiger partial charge in [-0.2, -0.15) is 0 Å². The number of anilines is 1. The molecule has 0 fully saturated rings. The molecule has 0 bridgehead atoms. The molecule has 1 N–H and O–H groups in total. The molecular formula is C25H23N3O3. The summed E-state index contributed by atoms with van der Waals surface area (Å²) < 4.78 is 10.8. The van der Waals surface area contributed by atoms with Crippen LogP contribution < -0.4 is 10.1 Å². The first-order chi connectivity index (χ1) is 15.2. The molecule has 1 amide bonds. The van der Waals surface area contributed by atoms with E-state index in [1.54, 1.807) is 19.5 Å². The van der Waals surface area contributed by atoms with Crippen molar-refractivity contribution in [3.05, 3.63) is 84.2 Å². The predicted octanol–water partition coefficient (Wildman–Crippen LogP) is 5.29. The Balaban J connectivity index is 1.60. The van der Waals surface area contributed by atoms with Gasteiger partial charge >= 0.3 is 0 Å². The number of rotatable bonds is 7. The molecule has 0 saturated carbocycles. The molecule has 0 radical (unpaired) electrons. The van der Waals surface area contributed by atoms with Crippen molar-refractivity contribution in [3.8, 4) is 28.1 Å². The lowest BCUT2D eigenvalue weighted by Crippen LogP contribution is -2.12. The molecule has 0 aliphatic heterocycles. The fourth-order valence-electron chi connectivity index (χ4n) is 3.44. The van der Waals surface area contributed by atoms with Gasteiger partial charge in [0.15, 0.2) is 0 Å². The standard InChI is InChI=1S/C25H23N3O3/c1-17-5-3-4-6-18(17)9-12-22(29)27-25-23(19-13-15-26-16-14-19)24(28-31-25)20-7-10-21(30-2)11-8-20/h3-8,10-11,13-16H,9,12H2,1-2H3,(H,27,29). The van der Waals surface area contributed by atoms with Crippen LogP contribution in [0.15, 0.2) is 77.6 Å². The van der Waals surface area contributed by atoms with Crippen LogP contribution >= 0.6 is 0 Å². The Labute approximate surface area is 180 Å². The van der Waals surface area contributed by atoms with Crippen LogP contribution in [0.2, 0.25) is 0 Å². The lowest BCUT2D eigenvalue weighted by atomic mass is 10.0. The zero-order valence-electron chi connectivity index (χ0n) is 17.5. The molecular weight excluding hydrogens is 390 g/mol. The first-order valence-corrected chi connectivity index (χ1v) is 10.0. The third-order valence-corrected chi connectivity index (χ3v) is 5.16. The second kappa shape index (κ2) is 9.26. The van der Waals surface area contributed by atoms with Crippen LogP contribution in [0.3, 0.4) is 0 Å². The van der Waals surface area contributed by atoms with Gasteiger partial charge in [-0.1, -0.05) is 29.4 Å². The average Bonchev–Trinajstić information content (AvgIpc) is 3.22. The molecule has 4 aromatic rings. The molecule has 156 valence electrons. The molecule has 0 unspecified atom stereocenters. The van der Waals surface area contributed by atoms with E-state index < -0.39 is 0 Å². The van der Waals surface area contributed by atoms with Gasteiger partial charge in [0, 0.05) is 24.4 Å². The van der Waals surface area contributed by atoms with Gasteiger partial charge in [-0.15, -0.1) is 0 Å². The normalized spacial score (nSPS) is 10.6. The zero-order valence-corrected chi connectivity index (χ0v) is 17.5. The number of methoxy groups -OCH3 is 1. The molecule has 2 heterocycles. The number of benzene rings is 2. The first-order valence-electron chi connectivity index (χ1n) is 10.0. The van der Waals surface area contributed by atoms with Gasteiger partial charge in [-0.25, -0.2) is 0 Å². The number of nitrogens with one attached hydrogen (secondary N) is 1. The fraction of sp³-hybridized carbons (Fsp3) is 0.160. The van der Waals surface area contributed by atoms with Crippen LogP contribution in [0.25, 0.3) is 22.4 Å². The molecule has 2 aromatic carbocycles. The highest BCUT2D eigenvalue weighted by Gasteiger charge is 2.21. The summed E-state index contributed by atoms with van der Waals surface area (Å²) in [5.41, 5.74) is 5.41. The molecule has 0 spiro atoms. The Morgan fingerprint density at radius 2 is 1.74 bits per heavy atom. The number of carbonyl (C=O) groups is 1. The van der Waals surface area contributed by atoms with E-state index in [2.05, 4.69) is 15.5 Å². The van der Waals surface area contributed by atoms with E-state index in [0.29, 0.717) is 24.4 Å². The maximum Gasteiger partial charge on any atom is 0.239 e. The molecule has 6 nitrogen and oxygen atoms in total. The van der Waals surface area contributed by atoms with Crippen LogP contribution in [-0.4, -0.2) is 23.2 Å². The van der Waals surface area contributed by atoms with E-state index in [4.69, 9.17) is 9.26 Å². The number of hydrogen-bond acceptors (Lipinski definition) is 5. The van der Waals surface area contributed by atoms with Crippen LogP contribution in [0.1, 0.15) is 17.5 Å². The number of amides is 1. The fourth-order valence-corrected chi connectivity index (χ4v) is 3.44. The summed E-state index contributed by atoms with van der Waals surface area (Å²) >= 11 is 0. The monoisotopic (exact) mass is 413 g/mol. The summed E-state index contributed by atoms with van der Waals surface area (Å²) in [6.07, 6.45) is 4.40. The Bertz CT molecular complexity index is 1170. The number of carbonyl (C=O) groups excluding carboxylic acids is 1. The van der Waals surface area contributed by atoms with Gasteiger partial charge in [0.1, 0.15) is 11.4 Å². The van der Waals surface area contributed by atoms with Crippen molar-refractivity contribution >= 4 is 11.8 Å². The van der Waals surface area contributed by atoms with Crippen LogP contribution in [0, 0.1) is 6.92 Å². The van der Waals surface area contributed by atoms with E-state index >= 15 is 0 Å². The molecule has 2 aromatic heterocycles. The maximum atomic E-state index is 12.7. The highest BCUT2D eigenvalue weighted by Crippen LogP contribution is 2.38. The van der Waals surface area contributed by atoms with Gasteiger partial charge < -0.3 is 9.26 Å². The number of aromatic nitrogens is 2. The molecule has 0 saturated heterocycles. The number of aryl methyl sites for hydroxylation is 2. The number of pyridine rings is 1. The highest BCUT2D eigenvalue weighted by molar-refractivity contribution is 5.97. The van der Waals surface area contributed by atoms with E-state index in [9.17, 15) is 4.79 Å². The largest absolute Gasteiger partial charge is 0.497 e. The van der Waals surface area contributed by atoms with E-state index in [1.807, 2.05) is 67.6 Å². The third-order valence-electron chi connectivity index (χ3n) is 5.16. The van der Waals surface area contributed by atoms with Crippen molar-refractivity contribution in [2.75, 3.05) is 12.4 Å². The third kappa shape index (κ3) is 4.64. The minimum Gasteiger partial charge on any atom is -0.497 e. The average molecular weight is 413 g/mol. The van der Waals surface area contributed by atoms with E-state index in [-0.39, 0.29) is 5.91 Å². The lowest BCUT2D eigenvalue weighted by Gasteiger charge is -2.08. The maximum absolute atomic E-state index is 12.7. The van der Waals surface area contributed by atoms with Gasteiger partial charge in [-0.3, -0.25) is 15.1 Å². The van der Waals surface area contributed by atoms with Gasteiger partial charge in [0.05, 0.1) is 12.7 Å². The lowest BCUT2D eigenvalue weighted by molar-refractivity contribution is -0.116. The van der Waals surface area contributed by atoms with Crippen molar-refractivity contribution < 1.29 is 14.1 Å².